The quantitative estimate of drug-likeness (QED) is 0.782. The molecule has 2 N–H and O–H groups in total. The van der Waals surface area contributed by atoms with Gasteiger partial charge < -0.3 is 15.2 Å². The number of aromatic nitrogens is 2. The Hall–Kier alpha value is -1.92. The molecule has 2 rings (SSSR count). The average molecular weight is 321 g/mol. The maximum Gasteiger partial charge on any atom is 0.126 e. The number of aliphatic hydroxyl groups is 1. The van der Waals surface area contributed by atoms with E-state index in [0.717, 1.165) is 17.0 Å². The fraction of sp³-hybridized carbons (Fsp3) is 0.471. The molecule has 6 heteroatoms. The number of nitrogens with one attached hydrogen (secondary N) is 1. The Labute approximate surface area is 136 Å². The first kappa shape index (κ1) is 17.4. The van der Waals surface area contributed by atoms with Gasteiger partial charge in [0.15, 0.2) is 0 Å². The Kier molecular flexibility index (Phi) is 6.12. The summed E-state index contributed by atoms with van der Waals surface area (Å²) in [6.45, 7) is 7.80. The summed E-state index contributed by atoms with van der Waals surface area (Å²) in [5.74, 6) is 0.229. The van der Waals surface area contributed by atoms with Gasteiger partial charge >= 0.3 is 0 Å². The highest BCUT2D eigenvalue weighted by atomic mass is 19.1. The van der Waals surface area contributed by atoms with Gasteiger partial charge in [-0.25, -0.2) is 4.39 Å². The van der Waals surface area contributed by atoms with Gasteiger partial charge in [0.2, 0.25) is 0 Å². The molecule has 1 atom stereocenters. The third-order valence-corrected chi connectivity index (χ3v) is 3.71. The fourth-order valence-corrected chi connectivity index (χ4v) is 2.52. The number of rotatable bonds is 8. The summed E-state index contributed by atoms with van der Waals surface area (Å²) in [4.78, 5) is 0. The maximum absolute atomic E-state index is 13.1. The molecular weight excluding hydrogens is 297 g/mol. The van der Waals surface area contributed by atoms with Gasteiger partial charge in [0.25, 0.3) is 0 Å². The van der Waals surface area contributed by atoms with Crippen LogP contribution in [0.15, 0.2) is 24.3 Å². The summed E-state index contributed by atoms with van der Waals surface area (Å²) in [5.41, 5.74) is 3.15. The van der Waals surface area contributed by atoms with Crippen molar-refractivity contribution in [2.75, 3.05) is 13.2 Å². The van der Waals surface area contributed by atoms with E-state index in [9.17, 15) is 4.39 Å². The van der Waals surface area contributed by atoms with E-state index in [0.29, 0.717) is 25.4 Å². The summed E-state index contributed by atoms with van der Waals surface area (Å²) in [6, 6.07) is 6.15. The molecule has 1 unspecified atom stereocenters. The van der Waals surface area contributed by atoms with Crippen molar-refractivity contribution in [3.63, 3.8) is 0 Å². The molecule has 2 aromatic rings. The Bertz CT molecular complexity index is 643. The standard InChI is InChI=1S/C17H24FN3O2/c1-12(23-16-6-4-5-15(18)9-16)10-19-11-17-13(2)20-21(7-8-22)14(17)3/h4-6,9,12,19,22H,7-8,10-11H2,1-3H3. The minimum atomic E-state index is -0.301. The van der Waals surface area contributed by atoms with Crippen molar-refractivity contribution in [2.24, 2.45) is 0 Å². The molecule has 0 aliphatic carbocycles. The molecule has 1 aromatic carbocycles. The molecule has 5 nitrogen and oxygen atoms in total. The van der Waals surface area contributed by atoms with Crippen molar-refractivity contribution in [3.05, 3.63) is 47.0 Å². The van der Waals surface area contributed by atoms with E-state index < -0.39 is 0 Å². The molecule has 23 heavy (non-hydrogen) atoms. The molecule has 0 fully saturated rings. The second-order valence-corrected chi connectivity index (χ2v) is 5.61. The van der Waals surface area contributed by atoms with Crippen LogP contribution in [0, 0.1) is 19.7 Å². The monoisotopic (exact) mass is 321 g/mol. The lowest BCUT2D eigenvalue weighted by atomic mass is 10.2. The van der Waals surface area contributed by atoms with Crippen LogP contribution in [0.3, 0.4) is 0 Å². The van der Waals surface area contributed by atoms with Gasteiger partial charge in [0.05, 0.1) is 18.8 Å². The summed E-state index contributed by atoms with van der Waals surface area (Å²) in [7, 11) is 0. The zero-order valence-electron chi connectivity index (χ0n) is 13.8. The van der Waals surface area contributed by atoms with Gasteiger partial charge in [0, 0.05) is 30.4 Å². The minimum Gasteiger partial charge on any atom is -0.489 e. The third-order valence-electron chi connectivity index (χ3n) is 3.71. The number of aliphatic hydroxyl groups excluding tert-OH is 1. The predicted molar refractivity (Wildman–Crippen MR) is 87.0 cm³/mol. The first-order chi connectivity index (χ1) is 11.0. The van der Waals surface area contributed by atoms with Gasteiger partial charge in [-0.05, 0) is 32.9 Å². The van der Waals surface area contributed by atoms with Gasteiger partial charge in [-0.2, -0.15) is 5.10 Å². The summed E-state index contributed by atoms with van der Waals surface area (Å²) in [6.07, 6.45) is -0.0788. The largest absolute Gasteiger partial charge is 0.489 e. The molecule has 1 aromatic heterocycles. The minimum absolute atomic E-state index is 0.0767. The normalized spacial score (nSPS) is 12.4. The van der Waals surface area contributed by atoms with Crippen LogP contribution in [-0.2, 0) is 13.1 Å². The van der Waals surface area contributed by atoms with Gasteiger partial charge in [-0.1, -0.05) is 6.07 Å². The zero-order valence-corrected chi connectivity index (χ0v) is 13.8. The third kappa shape index (κ3) is 4.77. The lowest BCUT2D eigenvalue weighted by Crippen LogP contribution is -2.29. The smallest absolute Gasteiger partial charge is 0.126 e. The Morgan fingerprint density at radius 3 is 2.87 bits per heavy atom. The van der Waals surface area contributed by atoms with Crippen molar-refractivity contribution in [2.45, 2.75) is 40.0 Å². The van der Waals surface area contributed by atoms with E-state index in [4.69, 9.17) is 9.84 Å². The van der Waals surface area contributed by atoms with Crippen LogP contribution in [0.4, 0.5) is 4.39 Å². The number of nitrogens with zero attached hydrogens (tertiary/aromatic N) is 2. The topological polar surface area (TPSA) is 59.3 Å². The SMILES string of the molecule is Cc1nn(CCO)c(C)c1CNCC(C)Oc1cccc(F)c1. The molecule has 0 amide bonds. The molecule has 0 saturated carbocycles. The lowest BCUT2D eigenvalue weighted by Gasteiger charge is -2.15. The molecule has 0 bridgehead atoms. The van der Waals surface area contributed by atoms with Crippen LogP contribution < -0.4 is 10.1 Å². The molecule has 0 saturated heterocycles. The van der Waals surface area contributed by atoms with Crippen LogP contribution in [0.5, 0.6) is 5.75 Å². The fourth-order valence-electron chi connectivity index (χ4n) is 2.52. The second-order valence-electron chi connectivity index (χ2n) is 5.61. The first-order valence-electron chi connectivity index (χ1n) is 7.78. The van der Waals surface area contributed by atoms with Crippen molar-refractivity contribution in [1.29, 1.82) is 0 Å². The van der Waals surface area contributed by atoms with E-state index in [1.54, 1.807) is 12.1 Å². The first-order valence-corrected chi connectivity index (χ1v) is 7.78. The lowest BCUT2D eigenvalue weighted by molar-refractivity contribution is 0.216. The molecule has 1 heterocycles. The number of hydrogen-bond acceptors (Lipinski definition) is 4. The van der Waals surface area contributed by atoms with Gasteiger partial charge in [-0.15, -0.1) is 0 Å². The highest BCUT2D eigenvalue weighted by Crippen LogP contribution is 2.14. The molecule has 0 radical (unpaired) electrons. The van der Waals surface area contributed by atoms with Crippen LogP contribution >= 0.6 is 0 Å². The Morgan fingerprint density at radius 1 is 1.39 bits per heavy atom. The molecule has 0 aliphatic rings. The van der Waals surface area contributed by atoms with Crippen LogP contribution in [0.2, 0.25) is 0 Å². The molecule has 126 valence electrons. The number of aryl methyl sites for hydroxylation is 1. The number of hydrogen-bond donors (Lipinski definition) is 2. The van der Waals surface area contributed by atoms with E-state index in [1.807, 2.05) is 25.5 Å². The van der Waals surface area contributed by atoms with Crippen molar-refractivity contribution >= 4 is 0 Å². The Morgan fingerprint density at radius 2 is 2.17 bits per heavy atom. The number of ether oxygens (including phenoxy) is 1. The van der Waals surface area contributed by atoms with Gasteiger partial charge in [-0.3, -0.25) is 4.68 Å². The molecule has 0 spiro atoms. The highest BCUT2D eigenvalue weighted by molar-refractivity contribution is 5.24. The van der Waals surface area contributed by atoms with Crippen molar-refractivity contribution < 1.29 is 14.2 Å². The number of halogens is 1. The van der Waals surface area contributed by atoms with Crippen LogP contribution in [-0.4, -0.2) is 34.1 Å². The Balaban J connectivity index is 1.85. The molecule has 0 aliphatic heterocycles. The number of benzene rings is 1. The molecular formula is C17H24FN3O2. The average Bonchev–Trinajstić information content (AvgIpc) is 2.75. The van der Waals surface area contributed by atoms with E-state index in [1.165, 1.54) is 12.1 Å². The van der Waals surface area contributed by atoms with E-state index in [2.05, 4.69) is 10.4 Å². The van der Waals surface area contributed by atoms with Crippen molar-refractivity contribution in [1.82, 2.24) is 15.1 Å². The van der Waals surface area contributed by atoms with Crippen molar-refractivity contribution in [3.8, 4) is 5.75 Å². The zero-order chi connectivity index (χ0) is 16.8. The van der Waals surface area contributed by atoms with Gasteiger partial charge in [0.1, 0.15) is 17.7 Å². The van der Waals surface area contributed by atoms with Crippen LogP contribution in [0.25, 0.3) is 0 Å². The summed E-state index contributed by atoms with van der Waals surface area (Å²) >= 11 is 0. The van der Waals surface area contributed by atoms with E-state index >= 15 is 0 Å². The highest BCUT2D eigenvalue weighted by Gasteiger charge is 2.11. The summed E-state index contributed by atoms with van der Waals surface area (Å²) in [5, 5.41) is 16.8. The second kappa shape index (κ2) is 8.08. The summed E-state index contributed by atoms with van der Waals surface area (Å²) < 4.78 is 20.6. The predicted octanol–water partition coefficient (Wildman–Crippen LogP) is 2.19. The van der Waals surface area contributed by atoms with Crippen LogP contribution in [0.1, 0.15) is 23.9 Å². The maximum atomic E-state index is 13.1. The van der Waals surface area contributed by atoms with E-state index in [-0.39, 0.29) is 18.5 Å².